The maximum atomic E-state index is 12.7. The number of amides is 2. The quantitative estimate of drug-likeness (QED) is 0.835. The molecular formula is C18H23ClN4O3. The van der Waals surface area contributed by atoms with Crippen LogP contribution in [0.2, 0.25) is 0 Å². The summed E-state index contributed by atoms with van der Waals surface area (Å²) in [6, 6.07) is 10.8. The van der Waals surface area contributed by atoms with Gasteiger partial charge in [-0.25, -0.2) is 4.79 Å². The molecule has 26 heavy (non-hydrogen) atoms. The molecule has 1 aromatic heterocycles. The summed E-state index contributed by atoms with van der Waals surface area (Å²) in [4.78, 5) is 18.5. The Kier molecular flexibility index (Phi) is 7.50. The Morgan fingerprint density at radius 3 is 2.96 bits per heavy atom. The zero-order valence-electron chi connectivity index (χ0n) is 14.6. The number of hydrogen-bond donors (Lipinski definition) is 2. The summed E-state index contributed by atoms with van der Waals surface area (Å²) in [6.45, 7) is 2.47. The predicted octanol–water partition coefficient (Wildman–Crippen LogP) is 2.40. The topological polar surface area (TPSA) is 75.7 Å². The Balaban J connectivity index is 0.00000243. The van der Waals surface area contributed by atoms with Gasteiger partial charge in [-0.15, -0.1) is 12.4 Å². The van der Waals surface area contributed by atoms with Crippen molar-refractivity contribution in [2.75, 3.05) is 38.7 Å². The number of ether oxygens (including phenoxy) is 2. The number of benzene rings is 1. The molecule has 1 atom stereocenters. The average Bonchev–Trinajstić information content (AvgIpc) is 2.67. The van der Waals surface area contributed by atoms with Gasteiger partial charge in [-0.1, -0.05) is 6.07 Å². The second-order valence-corrected chi connectivity index (χ2v) is 5.71. The first-order chi connectivity index (χ1) is 12.3. The molecule has 2 heterocycles. The fourth-order valence-electron chi connectivity index (χ4n) is 2.70. The molecule has 1 unspecified atom stereocenters. The van der Waals surface area contributed by atoms with Crippen molar-refractivity contribution in [3.63, 3.8) is 0 Å². The van der Waals surface area contributed by atoms with E-state index in [1.807, 2.05) is 30.3 Å². The molecule has 8 heteroatoms. The van der Waals surface area contributed by atoms with Gasteiger partial charge < -0.3 is 25.0 Å². The zero-order chi connectivity index (χ0) is 17.5. The Hall–Kier alpha value is -2.51. The minimum Gasteiger partial charge on any atom is -0.497 e. The van der Waals surface area contributed by atoms with Crippen LogP contribution in [0.3, 0.4) is 0 Å². The van der Waals surface area contributed by atoms with Gasteiger partial charge in [-0.3, -0.25) is 4.98 Å². The molecule has 3 rings (SSSR count). The highest BCUT2D eigenvalue weighted by Gasteiger charge is 2.27. The second-order valence-electron chi connectivity index (χ2n) is 5.71. The number of nitrogens with one attached hydrogen (secondary N) is 2. The summed E-state index contributed by atoms with van der Waals surface area (Å²) in [5.41, 5.74) is 0.704. The van der Waals surface area contributed by atoms with E-state index in [0.29, 0.717) is 36.9 Å². The summed E-state index contributed by atoms with van der Waals surface area (Å²) in [5, 5.41) is 6.23. The van der Waals surface area contributed by atoms with E-state index >= 15 is 0 Å². The molecule has 0 bridgehead atoms. The van der Waals surface area contributed by atoms with Crippen molar-refractivity contribution in [3.8, 4) is 11.5 Å². The maximum absolute atomic E-state index is 12.7. The lowest BCUT2D eigenvalue weighted by atomic mass is 10.2. The van der Waals surface area contributed by atoms with E-state index in [0.717, 1.165) is 6.54 Å². The minimum atomic E-state index is -0.144. The molecule has 1 aliphatic heterocycles. The summed E-state index contributed by atoms with van der Waals surface area (Å²) < 4.78 is 11.0. The average molecular weight is 379 g/mol. The van der Waals surface area contributed by atoms with Crippen molar-refractivity contribution in [2.24, 2.45) is 0 Å². The first-order valence-corrected chi connectivity index (χ1v) is 8.21. The highest BCUT2D eigenvalue weighted by atomic mass is 35.5. The van der Waals surface area contributed by atoms with Crippen molar-refractivity contribution in [1.82, 2.24) is 15.2 Å². The second kappa shape index (κ2) is 9.84. The first-order valence-electron chi connectivity index (χ1n) is 8.21. The van der Waals surface area contributed by atoms with Crippen LogP contribution in [-0.2, 0) is 0 Å². The van der Waals surface area contributed by atoms with Gasteiger partial charge in [0.25, 0.3) is 0 Å². The number of pyridine rings is 1. The van der Waals surface area contributed by atoms with Crippen molar-refractivity contribution >= 4 is 24.1 Å². The van der Waals surface area contributed by atoms with Crippen LogP contribution in [0.15, 0.2) is 48.8 Å². The Labute approximate surface area is 159 Å². The summed E-state index contributed by atoms with van der Waals surface area (Å²) in [7, 11) is 1.60. The first kappa shape index (κ1) is 19.8. The van der Waals surface area contributed by atoms with Gasteiger partial charge in [0.15, 0.2) is 0 Å². The molecule has 0 radical (unpaired) electrons. The minimum absolute atomic E-state index is 0. The standard InChI is InChI=1S/C18H22N4O3.ClH/c1-24-16-5-2-4-14(10-16)21-18(23)22-9-8-20-11-15(22)13-25-17-6-3-7-19-12-17;/h2-7,10,12,15,20H,8-9,11,13H2,1H3,(H,21,23);1H. The van der Waals surface area contributed by atoms with Crippen molar-refractivity contribution in [2.45, 2.75) is 6.04 Å². The third kappa shape index (κ3) is 5.24. The summed E-state index contributed by atoms with van der Waals surface area (Å²) in [5.74, 6) is 1.40. The normalized spacial score (nSPS) is 16.3. The third-order valence-corrected chi connectivity index (χ3v) is 4.01. The van der Waals surface area contributed by atoms with E-state index in [9.17, 15) is 4.79 Å². The predicted molar refractivity (Wildman–Crippen MR) is 102 cm³/mol. The summed E-state index contributed by atoms with van der Waals surface area (Å²) >= 11 is 0. The Bertz CT molecular complexity index is 702. The Morgan fingerprint density at radius 1 is 1.35 bits per heavy atom. The SMILES string of the molecule is COc1cccc(NC(=O)N2CCNCC2COc2cccnc2)c1.Cl. The molecular weight excluding hydrogens is 356 g/mol. The summed E-state index contributed by atoms with van der Waals surface area (Å²) in [6.07, 6.45) is 3.36. The van der Waals surface area contributed by atoms with Gasteiger partial charge in [-0.2, -0.15) is 0 Å². The lowest BCUT2D eigenvalue weighted by molar-refractivity contribution is 0.133. The maximum Gasteiger partial charge on any atom is 0.322 e. The van der Waals surface area contributed by atoms with Crippen LogP contribution in [-0.4, -0.2) is 55.3 Å². The number of piperazine rings is 1. The number of rotatable bonds is 5. The molecule has 0 aliphatic carbocycles. The molecule has 1 fully saturated rings. The fourth-order valence-corrected chi connectivity index (χ4v) is 2.70. The molecule has 2 N–H and O–H groups in total. The van der Waals surface area contributed by atoms with Crippen LogP contribution in [0.5, 0.6) is 11.5 Å². The van der Waals surface area contributed by atoms with E-state index in [1.54, 1.807) is 30.5 Å². The third-order valence-electron chi connectivity index (χ3n) is 4.01. The molecule has 2 aromatic rings. The highest BCUT2D eigenvalue weighted by Crippen LogP contribution is 2.18. The van der Waals surface area contributed by atoms with E-state index in [4.69, 9.17) is 9.47 Å². The number of aromatic nitrogens is 1. The van der Waals surface area contributed by atoms with E-state index in [2.05, 4.69) is 15.6 Å². The number of nitrogens with zero attached hydrogens (tertiary/aromatic N) is 2. The van der Waals surface area contributed by atoms with Crippen LogP contribution in [0.1, 0.15) is 0 Å². The van der Waals surface area contributed by atoms with Crippen molar-refractivity contribution in [3.05, 3.63) is 48.8 Å². The highest BCUT2D eigenvalue weighted by molar-refractivity contribution is 5.89. The van der Waals surface area contributed by atoms with Crippen molar-refractivity contribution < 1.29 is 14.3 Å². The van der Waals surface area contributed by atoms with Gasteiger partial charge in [0.05, 0.1) is 19.3 Å². The molecule has 2 amide bonds. The van der Waals surface area contributed by atoms with Crippen LogP contribution in [0.4, 0.5) is 10.5 Å². The van der Waals surface area contributed by atoms with Crippen molar-refractivity contribution in [1.29, 1.82) is 0 Å². The number of carbonyl (C=O) groups is 1. The number of methoxy groups -OCH3 is 1. The monoisotopic (exact) mass is 378 g/mol. The zero-order valence-corrected chi connectivity index (χ0v) is 15.4. The van der Waals surface area contributed by atoms with Gasteiger partial charge in [0.2, 0.25) is 0 Å². The molecule has 1 aliphatic rings. The molecule has 1 saturated heterocycles. The lowest BCUT2D eigenvalue weighted by Crippen LogP contribution is -2.57. The van der Waals surface area contributed by atoms with Gasteiger partial charge in [0.1, 0.15) is 18.1 Å². The van der Waals surface area contributed by atoms with Gasteiger partial charge in [-0.05, 0) is 24.3 Å². The van der Waals surface area contributed by atoms with E-state index in [-0.39, 0.29) is 24.5 Å². The largest absolute Gasteiger partial charge is 0.497 e. The lowest BCUT2D eigenvalue weighted by Gasteiger charge is -2.35. The van der Waals surface area contributed by atoms with Gasteiger partial charge in [0, 0.05) is 37.6 Å². The molecule has 7 nitrogen and oxygen atoms in total. The van der Waals surface area contributed by atoms with Gasteiger partial charge >= 0.3 is 6.03 Å². The number of anilines is 1. The number of carbonyl (C=O) groups excluding carboxylic acids is 1. The van der Waals surface area contributed by atoms with E-state index in [1.165, 1.54) is 0 Å². The van der Waals surface area contributed by atoms with E-state index < -0.39 is 0 Å². The Morgan fingerprint density at radius 2 is 2.19 bits per heavy atom. The molecule has 1 aromatic carbocycles. The van der Waals surface area contributed by atoms with Crippen LogP contribution in [0.25, 0.3) is 0 Å². The molecule has 140 valence electrons. The van der Waals surface area contributed by atoms with Crippen LogP contribution >= 0.6 is 12.4 Å². The number of halogens is 1. The number of hydrogen-bond acceptors (Lipinski definition) is 5. The molecule has 0 saturated carbocycles. The fraction of sp³-hybridized carbons (Fsp3) is 0.333. The van der Waals surface area contributed by atoms with Crippen LogP contribution < -0.4 is 20.1 Å². The molecule has 0 spiro atoms. The van der Waals surface area contributed by atoms with Crippen LogP contribution in [0, 0.1) is 0 Å². The number of urea groups is 1. The smallest absolute Gasteiger partial charge is 0.322 e.